The maximum atomic E-state index is 9.68. The summed E-state index contributed by atoms with van der Waals surface area (Å²) in [7, 11) is 0. The number of phenols is 1. The van der Waals surface area contributed by atoms with Crippen molar-refractivity contribution in [3.63, 3.8) is 0 Å². The molecule has 1 aromatic heterocycles. The topological polar surface area (TPSA) is 33.1 Å². The predicted molar refractivity (Wildman–Crippen MR) is 58.7 cm³/mol. The molecule has 0 saturated heterocycles. The zero-order valence-corrected chi connectivity index (χ0v) is 8.93. The Morgan fingerprint density at radius 1 is 1.21 bits per heavy atom. The van der Waals surface area contributed by atoms with Crippen LogP contribution in [0.25, 0.3) is 10.4 Å². The molecular weight excluding hydrogens is 194 g/mol. The van der Waals surface area contributed by atoms with Crippen LogP contribution in [0.4, 0.5) is 0 Å². The van der Waals surface area contributed by atoms with Gasteiger partial charge in [-0.25, -0.2) is 0 Å². The number of rotatable bonds is 1. The van der Waals surface area contributed by atoms with Crippen LogP contribution in [0.3, 0.4) is 0 Å². The zero-order chi connectivity index (χ0) is 10.1. The normalized spacial score (nSPS) is 10.4. The molecular formula is C11H11NOS. The number of hydrogen-bond donors (Lipinski definition) is 1. The lowest BCUT2D eigenvalue weighted by Crippen LogP contribution is -1.77. The first-order chi connectivity index (χ1) is 6.66. The third kappa shape index (κ3) is 1.63. The van der Waals surface area contributed by atoms with E-state index in [0.717, 1.165) is 21.7 Å². The number of benzene rings is 1. The molecule has 0 atom stereocenters. The molecule has 0 unspecified atom stereocenters. The van der Waals surface area contributed by atoms with Gasteiger partial charge in [0.25, 0.3) is 0 Å². The van der Waals surface area contributed by atoms with Gasteiger partial charge < -0.3 is 5.11 Å². The van der Waals surface area contributed by atoms with Gasteiger partial charge >= 0.3 is 0 Å². The fourth-order valence-corrected chi connectivity index (χ4v) is 2.12. The summed E-state index contributed by atoms with van der Waals surface area (Å²) in [5.41, 5.74) is 3.00. The molecule has 72 valence electrons. The van der Waals surface area contributed by atoms with Crippen LogP contribution < -0.4 is 0 Å². The molecule has 1 aromatic carbocycles. The van der Waals surface area contributed by atoms with Crippen LogP contribution in [-0.2, 0) is 0 Å². The van der Waals surface area contributed by atoms with E-state index in [4.69, 9.17) is 0 Å². The van der Waals surface area contributed by atoms with Gasteiger partial charge in [-0.2, -0.15) is 4.37 Å². The van der Waals surface area contributed by atoms with E-state index < -0.39 is 0 Å². The molecule has 0 fully saturated rings. The number of aromatic nitrogens is 1. The van der Waals surface area contributed by atoms with Crippen molar-refractivity contribution in [3.8, 4) is 16.2 Å². The predicted octanol–water partition coefficient (Wildman–Crippen LogP) is 3.13. The molecule has 0 spiro atoms. The molecule has 3 heteroatoms. The van der Waals surface area contributed by atoms with Gasteiger partial charge in [0.1, 0.15) is 5.75 Å². The maximum Gasteiger partial charge on any atom is 0.124 e. The highest BCUT2D eigenvalue weighted by molar-refractivity contribution is 7.09. The first-order valence-electron chi connectivity index (χ1n) is 4.40. The van der Waals surface area contributed by atoms with Gasteiger partial charge in [0, 0.05) is 5.56 Å². The Balaban J connectivity index is 2.55. The minimum Gasteiger partial charge on any atom is -0.507 e. The third-order valence-corrected chi connectivity index (χ3v) is 2.96. The van der Waals surface area contributed by atoms with Crippen molar-refractivity contribution in [2.75, 3.05) is 0 Å². The monoisotopic (exact) mass is 205 g/mol. The minimum atomic E-state index is 0.319. The van der Waals surface area contributed by atoms with Gasteiger partial charge in [-0.05, 0) is 43.6 Å². The molecule has 1 heterocycles. The molecule has 0 amide bonds. The molecule has 0 bridgehead atoms. The second-order valence-electron chi connectivity index (χ2n) is 3.35. The molecule has 2 aromatic rings. The van der Waals surface area contributed by atoms with Gasteiger partial charge in [0.2, 0.25) is 0 Å². The lowest BCUT2D eigenvalue weighted by atomic mass is 10.1. The van der Waals surface area contributed by atoms with E-state index in [1.54, 1.807) is 6.07 Å². The molecule has 0 aliphatic carbocycles. The number of phenolic OH excluding ortho intramolecular Hbond substituents is 1. The molecule has 0 radical (unpaired) electrons. The molecule has 0 aliphatic rings. The van der Waals surface area contributed by atoms with E-state index in [0.29, 0.717) is 5.75 Å². The molecule has 0 saturated carbocycles. The first kappa shape index (κ1) is 9.21. The van der Waals surface area contributed by atoms with Crippen molar-refractivity contribution in [2.24, 2.45) is 0 Å². The molecule has 2 nitrogen and oxygen atoms in total. The summed E-state index contributed by atoms with van der Waals surface area (Å²) in [5, 5.41) is 9.68. The number of nitrogens with zero attached hydrogens (tertiary/aromatic N) is 1. The van der Waals surface area contributed by atoms with Crippen molar-refractivity contribution < 1.29 is 5.11 Å². The standard InChI is InChI=1S/C11H11NOS/c1-7-3-4-10(13)9(5-7)11-6-8(2)12-14-11/h3-6,13H,1-2H3. The Morgan fingerprint density at radius 2 is 2.00 bits per heavy atom. The summed E-state index contributed by atoms with van der Waals surface area (Å²) in [4.78, 5) is 1.02. The lowest BCUT2D eigenvalue weighted by Gasteiger charge is -2.01. The lowest BCUT2D eigenvalue weighted by molar-refractivity contribution is 0.477. The van der Waals surface area contributed by atoms with Gasteiger partial charge in [-0.15, -0.1) is 0 Å². The van der Waals surface area contributed by atoms with Crippen LogP contribution in [0.5, 0.6) is 5.75 Å². The average molecular weight is 205 g/mol. The summed E-state index contributed by atoms with van der Waals surface area (Å²) in [6.45, 7) is 3.96. The summed E-state index contributed by atoms with van der Waals surface area (Å²) in [5.74, 6) is 0.319. The van der Waals surface area contributed by atoms with Crippen molar-refractivity contribution in [3.05, 3.63) is 35.5 Å². The first-order valence-corrected chi connectivity index (χ1v) is 5.17. The largest absolute Gasteiger partial charge is 0.507 e. The van der Waals surface area contributed by atoms with Gasteiger partial charge in [0.15, 0.2) is 0 Å². The highest BCUT2D eigenvalue weighted by atomic mass is 32.1. The molecule has 1 N–H and O–H groups in total. The summed E-state index contributed by atoms with van der Waals surface area (Å²) in [6, 6.07) is 7.58. The van der Waals surface area contributed by atoms with Crippen molar-refractivity contribution in [2.45, 2.75) is 13.8 Å². The summed E-state index contributed by atoms with van der Waals surface area (Å²) in [6.07, 6.45) is 0. The molecule has 2 rings (SSSR count). The summed E-state index contributed by atoms with van der Waals surface area (Å²) >= 11 is 1.42. The minimum absolute atomic E-state index is 0.319. The van der Waals surface area contributed by atoms with E-state index in [1.807, 2.05) is 32.0 Å². The Hall–Kier alpha value is -1.35. The molecule has 14 heavy (non-hydrogen) atoms. The van der Waals surface area contributed by atoms with Crippen molar-refractivity contribution in [1.82, 2.24) is 4.37 Å². The Kier molecular flexibility index (Phi) is 2.25. The highest BCUT2D eigenvalue weighted by Gasteiger charge is 2.06. The van der Waals surface area contributed by atoms with Gasteiger partial charge in [-0.3, -0.25) is 0 Å². The van der Waals surface area contributed by atoms with Crippen LogP contribution in [0.15, 0.2) is 24.3 Å². The van der Waals surface area contributed by atoms with E-state index in [9.17, 15) is 5.11 Å². The Morgan fingerprint density at radius 3 is 2.64 bits per heavy atom. The van der Waals surface area contributed by atoms with Gasteiger partial charge in [0.05, 0.1) is 10.6 Å². The number of hydrogen-bond acceptors (Lipinski definition) is 3. The molecule has 0 aliphatic heterocycles. The number of aromatic hydroxyl groups is 1. The van der Waals surface area contributed by atoms with E-state index in [1.165, 1.54) is 11.5 Å². The number of aryl methyl sites for hydroxylation is 2. The van der Waals surface area contributed by atoms with Gasteiger partial charge in [-0.1, -0.05) is 11.6 Å². The highest BCUT2D eigenvalue weighted by Crippen LogP contribution is 2.32. The van der Waals surface area contributed by atoms with Crippen LogP contribution >= 0.6 is 11.5 Å². The zero-order valence-electron chi connectivity index (χ0n) is 8.11. The van der Waals surface area contributed by atoms with E-state index >= 15 is 0 Å². The maximum absolute atomic E-state index is 9.68. The van der Waals surface area contributed by atoms with E-state index in [-0.39, 0.29) is 0 Å². The second kappa shape index (κ2) is 3.42. The SMILES string of the molecule is Cc1ccc(O)c(-c2cc(C)ns2)c1. The smallest absolute Gasteiger partial charge is 0.124 e. The fraction of sp³-hybridized carbons (Fsp3) is 0.182. The Labute approximate surface area is 87.0 Å². The quantitative estimate of drug-likeness (QED) is 0.775. The van der Waals surface area contributed by atoms with E-state index in [2.05, 4.69) is 4.37 Å². The summed E-state index contributed by atoms with van der Waals surface area (Å²) < 4.78 is 4.19. The fourth-order valence-electron chi connectivity index (χ4n) is 1.34. The Bertz CT molecular complexity index is 462. The van der Waals surface area contributed by atoms with Crippen LogP contribution in [0, 0.1) is 13.8 Å². The van der Waals surface area contributed by atoms with Crippen LogP contribution in [0.2, 0.25) is 0 Å². The van der Waals surface area contributed by atoms with Crippen LogP contribution in [0.1, 0.15) is 11.3 Å². The third-order valence-electron chi connectivity index (χ3n) is 2.05. The second-order valence-corrected chi connectivity index (χ2v) is 4.16. The average Bonchev–Trinajstić information content (AvgIpc) is 2.56. The van der Waals surface area contributed by atoms with Crippen molar-refractivity contribution >= 4 is 11.5 Å². The van der Waals surface area contributed by atoms with Crippen molar-refractivity contribution in [1.29, 1.82) is 0 Å². The van der Waals surface area contributed by atoms with Crippen LogP contribution in [-0.4, -0.2) is 9.48 Å².